The van der Waals surface area contributed by atoms with E-state index in [1.807, 2.05) is 30.3 Å². The van der Waals surface area contributed by atoms with Crippen molar-refractivity contribution >= 4 is 11.7 Å². The van der Waals surface area contributed by atoms with Crippen LogP contribution in [-0.2, 0) is 4.84 Å². The highest BCUT2D eigenvalue weighted by Gasteiger charge is 2.21. The van der Waals surface area contributed by atoms with Gasteiger partial charge in [0.25, 0.3) is 0 Å². The average Bonchev–Trinajstić information content (AvgIpc) is 2.38. The molecule has 0 unspecified atom stereocenters. The summed E-state index contributed by atoms with van der Waals surface area (Å²) in [5.74, 6) is 0. The highest BCUT2D eigenvalue weighted by molar-refractivity contribution is 5.88. The Balaban J connectivity index is 2.05. The third kappa shape index (κ3) is 3.20. The number of rotatable bonds is 3. The van der Waals surface area contributed by atoms with Crippen molar-refractivity contribution in [3.8, 4) is 0 Å². The van der Waals surface area contributed by atoms with Gasteiger partial charge in [-0.05, 0) is 25.0 Å². The summed E-state index contributed by atoms with van der Waals surface area (Å²) in [4.78, 5) is 17.1. The van der Waals surface area contributed by atoms with E-state index in [0.717, 1.165) is 25.7 Å². The van der Waals surface area contributed by atoms with Crippen molar-refractivity contribution in [3.63, 3.8) is 0 Å². The fourth-order valence-electron chi connectivity index (χ4n) is 2.12. The molecule has 4 heteroatoms. The Morgan fingerprint density at radius 1 is 1.18 bits per heavy atom. The molecule has 1 aliphatic carbocycles. The predicted molar refractivity (Wildman–Crippen MR) is 66.5 cm³/mol. The molecule has 4 nitrogen and oxygen atoms in total. The summed E-state index contributed by atoms with van der Waals surface area (Å²) < 4.78 is 0. The molecule has 0 heterocycles. The van der Waals surface area contributed by atoms with Crippen LogP contribution in [-0.4, -0.2) is 12.1 Å². The second-order valence-corrected chi connectivity index (χ2v) is 4.33. The zero-order valence-electron chi connectivity index (χ0n) is 9.84. The number of primary amides is 1. The number of amides is 2. The van der Waals surface area contributed by atoms with E-state index >= 15 is 0 Å². The van der Waals surface area contributed by atoms with Gasteiger partial charge in [0.2, 0.25) is 0 Å². The minimum atomic E-state index is -0.568. The number of carbonyl (C=O) groups is 1. The Kier molecular flexibility index (Phi) is 3.98. The Morgan fingerprint density at radius 2 is 1.82 bits per heavy atom. The number of nitrogens with two attached hydrogens (primary N) is 1. The largest absolute Gasteiger partial charge is 0.349 e. The van der Waals surface area contributed by atoms with Gasteiger partial charge in [0.05, 0.1) is 11.8 Å². The standard InChI is InChI=1S/C13H18N2O2/c14-13(16)15(11-7-3-1-4-8-11)17-12-9-5-2-6-10-12/h1,3-4,7-8,12H,2,5-6,9-10H2,(H2,14,16). The maximum Gasteiger partial charge on any atom is 0.343 e. The molecule has 0 atom stereocenters. The first-order valence-electron chi connectivity index (χ1n) is 6.09. The zero-order chi connectivity index (χ0) is 12.1. The van der Waals surface area contributed by atoms with Crippen molar-refractivity contribution < 1.29 is 9.63 Å². The molecule has 2 rings (SSSR count). The Labute approximate surface area is 101 Å². The molecule has 1 aromatic carbocycles. The normalized spacial score (nSPS) is 16.7. The first-order valence-corrected chi connectivity index (χ1v) is 6.09. The van der Waals surface area contributed by atoms with Crippen LogP contribution < -0.4 is 10.8 Å². The van der Waals surface area contributed by atoms with Gasteiger partial charge in [-0.3, -0.25) is 4.84 Å². The first kappa shape index (κ1) is 11.9. The van der Waals surface area contributed by atoms with E-state index in [1.165, 1.54) is 11.5 Å². The second kappa shape index (κ2) is 5.68. The van der Waals surface area contributed by atoms with Gasteiger partial charge < -0.3 is 5.73 Å². The summed E-state index contributed by atoms with van der Waals surface area (Å²) in [7, 11) is 0. The van der Waals surface area contributed by atoms with E-state index in [0.29, 0.717) is 5.69 Å². The van der Waals surface area contributed by atoms with E-state index in [-0.39, 0.29) is 6.10 Å². The molecular formula is C13H18N2O2. The summed E-state index contributed by atoms with van der Waals surface area (Å²) in [5, 5.41) is 1.20. The summed E-state index contributed by atoms with van der Waals surface area (Å²) in [5.41, 5.74) is 6.03. The fourth-order valence-corrected chi connectivity index (χ4v) is 2.12. The van der Waals surface area contributed by atoms with Gasteiger partial charge in [-0.2, -0.15) is 5.06 Å². The van der Waals surface area contributed by atoms with Crippen LogP contribution in [0.2, 0.25) is 0 Å². The lowest BCUT2D eigenvalue weighted by Crippen LogP contribution is -2.39. The van der Waals surface area contributed by atoms with E-state index in [9.17, 15) is 4.79 Å². The van der Waals surface area contributed by atoms with Gasteiger partial charge in [0.15, 0.2) is 0 Å². The molecule has 1 aromatic rings. The van der Waals surface area contributed by atoms with Crippen LogP contribution in [0, 0.1) is 0 Å². The van der Waals surface area contributed by atoms with Gasteiger partial charge in [0.1, 0.15) is 0 Å². The maximum atomic E-state index is 11.4. The van der Waals surface area contributed by atoms with Crippen LogP contribution in [0.4, 0.5) is 10.5 Å². The van der Waals surface area contributed by atoms with Gasteiger partial charge in [-0.15, -0.1) is 0 Å². The second-order valence-electron chi connectivity index (χ2n) is 4.33. The van der Waals surface area contributed by atoms with Crippen molar-refractivity contribution in [1.29, 1.82) is 0 Å². The topological polar surface area (TPSA) is 55.6 Å². The van der Waals surface area contributed by atoms with Crippen molar-refractivity contribution in [2.75, 3.05) is 5.06 Å². The molecule has 92 valence electrons. The van der Waals surface area contributed by atoms with E-state index in [4.69, 9.17) is 10.6 Å². The van der Waals surface area contributed by atoms with Crippen LogP contribution in [0.1, 0.15) is 32.1 Å². The lowest BCUT2D eigenvalue weighted by Gasteiger charge is -2.28. The molecule has 0 spiro atoms. The monoisotopic (exact) mass is 234 g/mol. The summed E-state index contributed by atoms with van der Waals surface area (Å²) >= 11 is 0. The molecule has 2 amide bonds. The molecule has 0 bridgehead atoms. The third-order valence-electron chi connectivity index (χ3n) is 3.00. The van der Waals surface area contributed by atoms with Crippen molar-refractivity contribution in [2.45, 2.75) is 38.2 Å². The zero-order valence-corrected chi connectivity index (χ0v) is 9.84. The van der Waals surface area contributed by atoms with Gasteiger partial charge in [0, 0.05) is 0 Å². The Morgan fingerprint density at radius 3 is 2.41 bits per heavy atom. The molecule has 1 saturated carbocycles. The number of hydrogen-bond donors (Lipinski definition) is 1. The molecule has 1 aliphatic rings. The summed E-state index contributed by atoms with van der Waals surface area (Å²) in [6.45, 7) is 0. The average molecular weight is 234 g/mol. The number of para-hydroxylation sites is 1. The van der Waals surface area contributed by atoms with Gasteiger partial charge in [-0.25, -0.2) is 4.79 Å². The lowest BCUT2D eigenvalue weighted by atomic mass is 9.98. The number of urea groups is 1. The maximum absolute atomic E-state index is 11.4. The first-order chi connectivity index (χ1) is 8.27. The van der Waals surface area contributed by atoms with Crippen molar-refractivity contribution in [1.82, 2.24) is 0 Å². The minimum Gasteiger partial charge on any atom is -0.349 e. The number of hydroxylamine groups is 1. The smallest absolute Gasteiger partial charge is 0.343 e. The third-order valence-corrected chi connectivity index (χ3v) is 3.00. The Hall–Kier alpha value is -1.55. The van der Waals surface area contributed by atoms with E-state index in [2.05, 4.69) is 0 Å². The van der Waals surface area contributed by atoms with Crippen molar-refractivity contribution in [2.24, 2.45) is 5.73 Å². The Bertz CT molecular complexity index is 361. The van der Waals surface area contributed by atoms with Crippen LogP contribution in [0.3, 0.4) is 0 Å². The fraction of sp³-hybridized carbons (Fsp3) is 0.462. The van der Waals surface area contributed by atoms with Crippen LogP contribution in [0.15, 0.2) is 30.3 Å². The highest BCUT2D eigenvalue weighted by Crippen LogP contribution is 2.23. The molecule has 2 N–H and O–H groups in total. The van der Waals surface area contributed by atoms with Gasteiger partial charge >= 0.3 is 6.03 Å². The number of carbonyl (C=O) groups excluding carboxylic acids is 1. The quantitative estimate of drug-likeness (QED) is 0.817. The van der Waals surface area contributed by atoms with Crippen LogP contribution in [0.25, 0.3) is 0 Å². The molecule has 0 radical (unpaired) electrons. The SMILES string of the molecule is NC(=O)N(OC1CCCCC1)c1ccccc1. The number of nitrogens with zero attached hydrogens (tertiary/aromatic N) is 1. The molecular weight excluding hydrogens is 216 g/mol. The van der Waals surface area contributed by atoms with Gasteiger partial charge in [-0.1, -0.05) is 37.5 Å². The lowest BCUT2D eigenvalue weighted by molar-refractivity contribution is 0.0241. The highest BCUT2D eigenvalue weighted by atomic mass is 16.7. The summed E-state index contributed by atoms with van der Waals surface area (Å²) in [6, 6.07) is 8.66. The molecule has 1 fully saturated rings. The minimum absolute atomic E-state index is 0.108. The van der Waals surface area contributed by atoms with Crippen LogP contribution in [0.5, 0.6) is 0 Å². The number of anilines is 1. The van der Waals surface area contributed by atoms with E-state index < -0.39 is 6.03 Å². The molecule has 17 heavy (non-hydrogen) atoms. The number of hydrogen-bond acceptors (Lipinski definition) is 2. The van der Waals surface area contributed by atoms with Crippen molar-refractivity contribution in [3.05, 3.63) is 30.3 Å². The van der Waals surface area contributed by atoms with E-state index in [1.54, 1.807) is 0 Å². The number of benzene rings is 1. The molecule has 0 saturated heterocycles. The summed E-state index contributed by atoms with van der Waals surface area (Å²) in [6.07, 6.45) is 5.67. The van der Waals surface area contributed by atoms with Crippen LogP contribution >= 0.6 is 0 Å². The molecule has 0 aliphatic heterocycles. The predicted octanol–water partition coefficient (Wildman–Crippen LogP) is 2.84. The molecule has 0 aromatic heterocycles.